The van der Waals surface area contributed by atoms with Crippen molar-refractivity contribution in [2.45, 2.75) is 19.8 Å². The van der Waals surface area contributed by atoms with Crippen molar-refractivity contribution in [3.8, 4) is 0 Å². The molecule has 1 aromatic carbocycles. The van der Waals surface area contributed by atoms with E-state index in [4.69, 9.17) is 0 Å². The second-order valence-electron chi connectivity index (χ2n) is 4.13. The van der Waals surface area contributed by atoms with E-state index in [1.807, 2.05) is 6.92 Å². The van der Waals surface area contributed by atoms with Crippen LogP contribution in [0.4, 0.5) is 13.2 Å². The number of hydrazine groups is 1. The van der Waals surface area contributed by atoms with Crippen LogP contribution in [0.2, 0.25) is 0 Å². The minimum atomic E-state index is -4.60. The van der Waals surface area contributed by atoms with Crippen molar-refractivity contribution in [2.75, 3.05) is 19.7 Å². The predicted octanol–water partition coefficient (Wildman–Crippen LogP) is 1.57. The molecule has 0 aliphatic heterocycles. The zero-order chi connectivity index (χ0) is 15.7. The van der Waals surface area contributed by atoms with Gasteiger partial charge in [0.05, 0.1) is 6.61 Å². The molecule has 0 unspecified atom stereocenters. The lowest BCUT2D eigenvalue weighted by atomic mass is 10.1. The fraction of sp³-hybridized carbons (Fsp3) is 0.462. The Labute approximate surface area is 120 Å². The molecule has 0 saturated carbocycles. The lowest BCUT2D eigenvalue weighted by Crippen LogP contribution is -2.35. The molecule has 1 aromatic rings. The van der Waals surface area contributed by atoms with Gasteiger partial charge >= 0.3 is 6.36 Å². The topological polar surface area (TPSA) is 62.4 Å². The molecule has 0 fully saturated rings. The van der Waals surface area contributed by atoms with Gasteiger partial charge in [0.2, 0.25) is 0 Å². The molecule has 0 saturated heterocycles. The van der Waals surface area contributed by atoms with Crippen molar-refractivity contribution in [1.29, 1.82) is 0 Å². The van der Waals surface area contributed by atoms with Crippen LogP contribution in [0.1, 0.15) is 22.8 Å². The highest BCUT2D eigenvalue weighted by molar-refractivity contribution is 5.94. The van der Waals surface area contributed by atoms with E-state index in [1.165, 1.54) is 0 Å². The maximum absolute atomic E-state index is 11.7. The van der Waals surface area contributed by atoms with Gasteiger partial charge in [-0.05, 0) is 24.6 Å². The predicted molar refractivity (Wildman–Crippen MR) is 71.3 cm³/mol. The largest absolute Gasteiger partial charge is 0.522 e. The normalized spacial score (nSPS) is 11.4. The zero-order valence-electron chi connectivity index (χ0n) is 11.6. The number of rotatable bonds is 8. The van der Waals surface area contributed by atoms with Crippen LogP contribution in [-0.2, 0) is 11.3 Å². The number of amides is 1. The highest BCUT2D eigenvalue weighted by Gasteiger charge is 2.28. The van der Waals surface area contributed by atoms with Gasteiger partial charge in [-0.2, -0.15) is 0 Å². The van der Waals surface area contributed by atoms with E-state index in [-0.39, 0.29) is 12.5 Å². The van der Waals surface area contributed by atoms with Crippen molar-refractivity contribution >= 4 is 5.91 Å². The second-order valence-corrected chi connectivity index (χ2v) is 4.13. The smallest absolute Gasteiger partial charge is 0.352 e. The third-order valence-corrected chi connectivity index (χ3v) is 2.46. The van der Waals surface area contributed by atoms with E-state index in [2.05, 4.69) is 20.9 Å². The fourth-order valence-corrected chi connectivity index (χ4v) is 1.51. The molecule has 21 heavy (non-hydrogen) atoms. The molecule has 1 rings (SSSR count). The van der Waals surface area contributed by atoms with Crippen molar-refractivity contribution in [3.63, 3.8) is 0 Å². The lowest BCUT2D eigenvalue weighted by molar-refractivity contribution is -0.323. The van der Waals surface area contributed by atoms with Gasteiger partial charge in [-0.15, -0.1) is 13.2 Å². The van der Waals surface area contributed by atoms with Crippen molar-refractivity contribution < 1.29 is 22.7 Å². The third-order valence-electron chi connectivity index (χ3n) is 2.46. The molecule has 0 atom stereocenters. The number of hydrogen-bond acceptors (Lipinski definition) is 4. The quantitative estimate of drug-likeness (QED) is 0.504. The maximum Gasteiger partial charge on any atom is 0.522 e. The number of nitrogens with one attached hydrogen (secondary N) is 3. The van der Waals surface area contributed by atoms with Crippen LogP contribution in [0.15, 0.2) is 24.3 Å². The third kappa shape index (κ3) is 7.64. The molecular formula is C13H18F3N3O2. The maximum atomic E-state index is 11.7. The minimum Gasteiger partial charge on any atom is -0.352 e. The summed E-state index contributed by atoms with van der Waals surface area (Å²) in [4.78, 5) is 11.5. The molecule has 118 valence electrons. The summed E-state index contributed by atoms with van der Waals surface area (Å²) in [6.45, 7) is 2.38. The SMILES string of the molecule is CCNC(=O)c1ccc(CNNCCOC(F)(F)F)cc1. The van der Waals surface area contributed by atoms with Crippen LogP contribution in [-0.4, -0.2) is 32.0 Å². The van der Waals surface area contributed by atoms with Crippen LogP contribution in [0, 0.1) is 0 Å². The van der Waals surface area contributed by atoms with E-state index < -0.39 is 13.0 Å². The van der Waals surface area contributed by atoms with E-state index >= 15 is 0 Å². The van der Waals surface area contributed by atoms with E-state index in [0.29, 0.717) is 18.7 Å². The molecule has 1 amide bonds. The second kappa shape index (κ2) is 8.60. The Morgan fingerprint density at radius 3 is 2.43 bits per heavy atom. The first-order chi connectivity index (χ1) is 9.92. The van der Waals surface area contributed by atoms with Gasteiger partial charge in [0.15, 0.2) is 0 Å². The number of alkyl halides is 3. The first kappa shape index (κ1) is 17.4. The molecule has 0 aliphatic carbocycles. The van der Waals surface area contributed by atoms with E-state index in [9.17, 15) is 18.0 Å². The molecule has 8 heteroatoms. The van der Waals surface area contributed by atoms with Crippen LogP contribution in [0.25, 0.3) is 0 Å². The Balaban J connectivity index is 2.22. The number of benzene rings is 1. The van der Waals surface area contributed by atoms with E-state index in [0.717, 1.165) is 5.56 Å². The zero-order valence-corrected chi connectivity index (χ0v) is 11.6. The summed E-state index contributed by atoms with van der Waals surface area (Å²) in [5.74, 6) is -0.139. The molecule has 0 aliphatic rings. The molecule has 0 radical (unpaired) electrons. The molecule has 3 N–H and O–H groups in total. The first-order valence-electron chi connectivity index (χ1n) is 6.46. The summed E-state index contributed by atoms with van der Waals surface area (Å²) >= 11 is 0. The van der Waals surface area contributed by atoms with Crippen LogP contribution >= 0.6 is 0 Å². The van der Waals surface area contributed by atoms with Crippen molar-refractivity contribution in [2.24, 2.45) is 0 Å². The average molecular weight is 305 g/mol. The Bertz CT molecular complexity index is 435. The highest BCUT2D eigenvalue weighted by atomic mass is 19.4. The monoisotopic (exact) mass is 305 g/mol. The molecule has 0 heterocycles. The van der Waals surface area contributed by atoms with Crippen LogP contribution < -0.4 is 16.2 Å². The lowest BCUT2D eigenvalue weighted by Gasteiger charge is -2.09. The van der Waals surface area contributed by atoms with Crippen LogP contribution in [0.3, 0.4) is 0 Å². The van der Waals surface area contributed by atoms with Gasteiger partial charge in [-0.25, -0.2) is 0 Å². The Hall–Kier alpha value is -1.64. The molecule has 0 spiro atoms. The van der Waals surface area contributed by atoms with Gasteiger partial charge in [0.25, 0.3) is 5.91 Å². The number of carbonyl (C=O) groups is 1. The van der Waals surface area contributed by atoms with E-state index in [1.54, 1.807) is 24.3 Å². The minimum absolute atomic E-state index is 0.0243. The Kier molecular flexibility index (Phi) is 7.13. The summed E-state index contributed by atoms with van der Waals surface area (Å²) in [7, 11) is 0. The average Bonchev–Trinajstić information content (AvgIpc) is 2.42. The summed E-state index contributed by atoms with van der Waals surface area (Å²) in [6.07, 6.45) is -4.60. The van der Waals surface area contributed by atoms with Gasteiger partial charge in [0, 0.05) is 25.2 Å². The van der Waals surface area contributed by atoms with Crippen molar-refractivity contribution in [1.82, 2.24) is 16.2 Å². The summed E-state index contributed by atoms with van der Waals surface area (Å²) in [5.41, 5.74) is 6.83. The highest BCUT2D eigenvalue weighted by Crippen LogP contribution is 2.14. The molecule has 0 aromatic heterocycles. The number of ether oxygens (including phenoxy) is 1. The molecular weight excluding hydrogens is 287 g/mol. The summed E-state index contributed by atoms with van der Waals surface area (Å²) < 4.78 is 38.7. The number of halogens is 3. The Morgan fingerprint density at radius 1 is 1.19 bits per heavy atom. The summed E-state index contributed by atoms with van der Waals surface area (Å²) in [6, 6.07) is 6.92. The fourth-order valence-electron chi connectivity index (χ4n) is 1.51. The Morgan fingerprint density at radius 2 is 1.86 bits per heavy atom. The number of hydrogen-bond donors (Lipinski definition) is 3. The van der Waals surface area contributed by atoms with Crippen LogP contribution in [0.5, 0.6) is 0 Å². The standard InChI is InChI=1S/C13H18F3N3O2/c1-2-17-12(20)11-5-3-10(4-6-11)9-19-18-7-8-21-13(14,15)16/h3-6,18-19H,2,7-9H2,1H3,(H,17,20). The molecule has 5 nitrogen and oxygen atoms in total. The van der Waals surface area contributed by atoms with Crippen molar-refractivity contribution in [3.05, 3.63) is 35.4 Å². The molecule has 0 bridgehead atoms. The first-order valence-corrected chi connectivity index (χ1v) is 6.46. The van der Waals surface area contributed by atoms with Gasteiger partial charge < -0.3 is 5.32 Å². The van der Waals surface area contributed by atoms with Gasteiger partial charge in [-0.3, -0.25) is 20.4 Å². The summed E-state index contributed by atoms with van der Waals surface area (Å²) in [5, 5.41) is 2.69. The van der Waals surface area contributed by atoms with Gasteiger partial charge in [0.1, 0.15) is 0 Å². The van der Waals surface area contributed by atoms with Gasteiger partial charge in [-0.1, -0.05) is 12.1 Å². The number of carbonyl (C=O) groups excluding carboxylic acids is 1.